The van der Waals surface area contributed by atoms with Crippen LogP contribution in [0.5, 0.6) is 0 Å². The summed E-state index contributed by atoms with van der Waals surface area (Å²) in [5.41, 5.74) is 7.83. The molecule has 55 heavy (non-hydrogen) atoms. The Balaban J connectivity index is 1.24. The predicted octanol–water partition coefficient (Wildman–Crippen LogP) is 14.6. The van der Waals surface area contributed by atoms with Crippen LogP contribution >= 0.6 is 0 Å². The van der Waals surface area contributed by atoms with Crippen LogP contribution in [0.15, 0.2) is 182 Å². The number of hydrogen-bond donors (Lipinski definition) is 0. The van der Waals surface area contributed by atoms with Gasteiger partial charge in [0.1, 0.15) is 0 Å². The summed E-state index contributed by atoms with van der Waals surface area (Å²) in [5.74, 6) is -1.13. The minimum atomic E-state index is -0.563. The third kappa shape index (κ3) is 4.80. The summed E-state index contributed by atoms with van der Waals surface area (Å²) < 4.78 is 33.9. The van der Waals surface area contributed by atoms with Gasteiger partial charge in [0.05, 0.1) is 0 Å². The molecular formula is C52H30F2Se. The van der Waals surface area contributed by atoms with Gasteiger partial charge >= 0.3 is 324 Å². The van der Waals surface area contributed by atoms with Crippen LogP contribution < -0.4 is 0 Å². The van der Waals surface area contributed by atoms with E-state index in [0.717, 1.165) is 27.1 Å². The van der Waals surface area contributed by atoms with Crippen LogP contribution in [-0.4, -0.2) is 14.5 Å². The van der Waals surface area contributed by atoms with Gasteiger partial charge < -0.3 is 0 Å². The van der Waals surface area contributed by atoms with Crippen molar-refractivity contribution in [3.8, 4) is 44.5 Å². The average Bonchev–Trinajstić information content (AvgIpc) is 3.62. The summed E-state index contributed by atoms with van der Waals surface area (Å²) in [6.07, 6.45) is 0. The molecule has 0 amide bonds. The van der Waals surface area contributed by atoms with E-state index in [1.807, 2.05) is 36.4 Å². The van der Waals surface area contributed by atoms with Crippen molar-refractivity contribution in [1.82, 2.24) is 0 Å². The maximum atomic E-state index is 15.6. The number of fused-ring (bicyclic) bond motifs is 7. The van der Waals surface area contributed by atoms with Crippen LogP contribution in [0, 0.1) is 11.6 Å². The summed E-state index contributed by atoms with van der Waals surface area (Å²) >= 11 is 0.00534. The molecule has 0 saturated heterocycles. The van der Waals surface area contributed by atoms with E-state index in [2.05, 4.69) is 127 Å². The standard InChI is InChI=1S/C52H30F2Se/c53-43-28-14-29-44(54)51(43)50-38-23-10-8-21-36(38)48(37-22-9-11-24-39(37)50)41-26-12-27-42-49-40(25-13-30-45(49)55-52(41)42)47-34-19-6-4-17-32(34)46(31-15-2-1-3-16-31)33-18-5-7-20-35(33)47/h1-30H. The number of benzene rings is 10. The molecule has 0 fully saturated rings. The molecule has 11 rings (SSSR count). The minimum absolute atomic E-state index is 0.00534. The molecule has 1 aromatic heterocycles. The quantitative estimate of drug-likeness (QED) is 0.123. The summed E-state index contributed by atoms with van der Waals surface area (Å²) in [4.78, 5) is 0. The number of rotatable bonds is 4. The first-order valence-corrected chi connectivity index (χ1v) is 20.2. The van der Waals surface area contributed by atoms with Gasteiger partial charge in [-0.15, -0.1) is 0 Å². The van der Waals surface area contributed by atoms with Crippen LogP contribution in [0.2, 0.25) is 0 Å². The fraction of sp³-hybridized carbons (Fsp3) is 0. The maximum absolute atomic E-state index is 15.6. The second-order valence-electron chi connectivity index (χ2n) is 14.1. The van der Waals surface area contributed by atoms with Crippen LogP contribution in [0.4, 0.5) is 8.78 Å². The topological polar surface area (TPSA) is 0 Å². The molecule has 11 aromatic rings. The van der Waals surface area contributed by atoms with Crippen molar-refractivity contribution >= 4 is 76.9 Å². The Kier molecular flexibility index (Phi) is 7.35. The molecule has 1 heterocycles. The van der Waals surface area contributed by atoms with Crippen LogP contribution in [0.3, 0.4) is 0 Å². The Hall–Kier alpha value is -6.38. The molecule has 3 heteroatoms. The molecule has 0 spiro atoms. The molecule has 0 aliphatic rings. The molecule has 0 nitrogen and oxygen atoms in total. The molecule has 0 atom stereocenters. The monoisotopic (exact) mass is 772 g/mol. The molecule has 258 valence electrons. The SMILES string of the molecule is Fc1cccc(F)c1-c1c2ccccc2c(-c2cccc3c2[se]c2cccc(-c4c5ccccc5c(-c5ccccc5)c5ccccc45)c23)c2ccccc12. The molecule has 0 radical (unpaired) electrons. The van der Waals surface area contributed by atoms with E-state index in [0.29, 0.717) is 5.56 Å². The first-order valence-electron chi connectivity index (χ1n) is 18.5. The average molecular weight is 772 g/mol. The summed E-state index contributed by atoms with van der Waals surface area (Å²) in [5, 5.41) is 11.1. The van der Waals surface area contributed by atoms with Gasteiger partial charge in [-0.25, -0.2) is 0 Å². The second-order valence-corrected chi connectivity index (χ2v) is 16.3. The zero-order chi connectivity index (χ0) is 36.6. The Morgan fingerprint density at radius 2 is 0.691 bits per heavy atom. The van der Waals surface area contributed by atoms with Gasteiger partial charge in [-0.2, -0.15) is 0 Å². The molecule has 0 aliphatic heterocycles. The Morgan fingerprint density at radius 1 is 0.291 bits per heavy atom. The molecule has 0 aliphatic carbocycles. The van der Waals surface area contributed by atoms with Crippen molar-refractivity contribution in [2.75, 3.05) is 0 Å². The van der Waals surface area contributed by atoms with E-state index < -0.39 is 11.6 Å². The molecule has 10 aromatic carbocycles. The Morgan fingerprint density at radius 3 is 1.24 bits per heavy atom. The fourth-order valence-electron chi connectivity index (χ4n) is 9.01. The Labute approximate surface area is 322 Å². The number of hydrogen-bond acceptors (Lipinski definition) is 0. The third-order valence-corrected chi connectivity index (χ3v) is 13.7. The second kappa shape index (κ2) is 12.6. The van der Waals surface area contributed by atoms with Crippen molar-refractivity contribution in [3.05, 3.63) is 194 Å². The first kappa shape index (κ1) is 32.1. The van der Waals surface area contributed by atoms with Gasteiger partial charge in [0.25, 0.3) is 0 Å². The number of halogens is 2. The van der Waals surface area contributed by atoms with Gasteiger partial charge in [0.2, 0.25) is 0 Å². The van der Waals surface area contributed by atoms with Crippen molar-refractivity contribution in [3.63, 3.8) is 0 Å². The first-order chi connectivity index (χ1) is 27.2. The van der Waals surface area contributed by atoms with Crippen molar-refractivity contribution in [2.45, 2.75) is 0 Å². The van der Waals surface area contributed by atoms with E-state index in [9.17, 15) is 0 Å². The van der Waals surface area contributed by atoms with E-state index in [-0.39, 0.29) is 20.1 Å². The predicted molar refractivity (Wildman–Crippen MR) is 230 cm³/mol. The molecular weight excluding hydrogens is 742 g/mol. The van der Waals surface area contributed by atoms with Crippen molar-refractivity contribution in [2.24, 2.45) is 0 Å². The van der Waals surface area contributed by atoms with Gasteiger partial charge in [-0.05, 0) is 0 Å². The van der Waals surface area contributed by atoms with Gasteiger partial charge in [-0.3, -0.25) is 0 Å². The van der Waals surface area contributed by atoms with E-state index in [4.69, 9.17) is 0 Å². The van der Waals surface area contributed by atoms with Crippen molar-refractivity contribution < 1.29 is 8.78 Å². The van der Waals surface area contributed by atoms with Crippen LogP contribution in [0.1, 0.15) is 0 Å². The Bertz CT molecular complexity index is 3210. The molecule has 0 unspecified atom stereocenters. The van der Waals surface area contributed by atoms with Gasteiger partial charge in [-0.1, -0.05) is 0 Å². The molecule has 0 bridgehead atoms. The fourth-order valence-corrected chi connectivity index (χ4v) is 11.6. The normalized spacial score (nSPS) is 11.8. The summed E-state index contributed by atoms with van der Waals surface area (Å²) in [7, 11) is 0. The summed E-state index contributed by atoms with van der Waals surface area (Å²) in [6, 6.07) is 62.2. The van der Waals surface area contributed by atoms with Gasteiger partial charge in [0.15, 0.2) is 0 Å². The van der Waals surface area contributed by atoms with Crippen molar-refractivity contribution in [1.29, 1.82) is 0 Å². The molecule has 0 saturated carbocycles. The zero-order valence-corrected chi connectivity index (χ0v) is 31.2. The van der Waals surface area contributed by atoms with Gasteiger partial charge in [0, 0.05) is 0 Å². The van der Waals surface area contributed by atoms with E-state index >= 15 is 8.78 Å². The zero-order valence-electron chi connectivity index (χ0n) is 29.5. The molecule has 0 N–H and O–H groups in total. The van der Waals surface area contributed by atoms with Crippen LogP contribution in [-0.2, 0) is 0 Å². The van der Waals surface area contributed by atoms with Crippen LogP contribution in [0.25, 0.3) is 107 Å². The van der Waals surface area contributed by atoms with E-state index in [1.54, 1.807) is 0 Å². The third-order valence-electron chi connectivity index (χ3n) is 11.2. The van der Waals surface area contributed by atoms with E-state index in [1.165, 1.54) is 86.9 Å². The summed E-state index contributed by atoms with van der Waals surface area (Å²) in [6.45, 7) is 0.